The third-order valence-electron chi connectivity index (χ3n) is 6.24. The van der Waals surface area contributed by atoms with Gasteiger partial charge in [-0.05, 0) is 37.8 Å². The van der Waals surface area contributed by atoms with Gasteiger partial charge in [0.2, 0.25) is 0 Å². The first kappa shape index (κ1) is 21.1. The summed E-state index contributed by atoms with van der Waals surface area (Å²) in [7, 11) is 1.32. The van der Waals surface area contributed by atoms with Gasteiger partial charge in [0, 0.05) is 36.3 Å². The Kier molecular flexibility index (Phi) is 5.77. The highest BCUT2D eigenvalue weighted by Crippen LogP contribution is 2.34. The average molecular weight is 447 g/mol. The molecule has 0 bridgehead atoms. The van der Waals surface area contributed by atoms with Crippen LogP contribution in [0.4, 0.5) is 5.82 Å². The van der Waals surface area contributed by atoms with Gasteiger partial charge in [0.05, 0.1) is 25.7 Å². The number of amides is 1. The number of hydrogen-bond donors (Lipinski definition) is 0. The molecule has 2 fully saturated rings. The highest BCUT2D eigenvalue weighted by molar-refractivity contribution is 5.95. The van der Waals surface area contributed by atoms with E-state index in [1.165, 1.54) is 19.7 Å². The van der Waals surface area contributed by atoms with E-state index in [9.17, 15) is 9.59 Å². The van der Waals surface area contributed by atoms with E-state index in [-0.39, 0.29) is 17.6 Å². The Hall–Kier alpha value is -3.75. The summed E-state index contributed by atoms with van der Waals surface area (Å²) in [6, 6.07) is 8.04. The van der Waals surface area contributed by atoms with Gasteiger partial charge in [0.25, 0.3) is 5.91 Å². The van der Waals surface area contributed by atoms with E-state index in [2.05, 4.69) is 29.5 Å². The number of anilines is 1. The molecule has 2 aliphatic rings. The van der Waals surface area contributed by atoms with Crippen LogP contribution in [0.3, 0.4) is 0 Å². The minimum atomic E-state index is -0.500. The zero-order valence-corrected chi connectivity index (χ0v) is 18.4. The molecule has 170 valence electrons. The van der Waals surface area contributed by atoms with Crippen LogP contribution < -0.4 is 4.90 Å². The molecule has 1 saturated heterocycles. The average Bonchev–Trinajstić information content (AvgIpc) is 3.55. The summed E-state index contributed by atoms with van der Waals surface area (Å²) in [4.78, 5) is 41.7. The molecule has 2 aromatic heterocycles. The lowest BCUT2D eigenvalue weighted by atomic mass is 10.0. The molecular formula is C24H25N5O4. The van der Waals surface area contributed by atoms with Crippen LogP contribution in [0.5, 0.6) is 0 Å². The van der Waals surface area contributed by atoms with Gasteiger partial charge in [-0.15, -0.1) is 0 Å². The summed E-state index contributed by atoms with van der Waals surface area (Å²) in [6.07, 6.45) is 9.94. The van der Waals surface area contributed by atoms with Gasteiger partial charge in [-0.25, -0.2) is 19.7 Å². The zero-order valence-electron chi connectivity index (χ0n) is 18.4. The summed E-state index contributed by atoms with van der Waals surface area (Å²) in [6.45, 7) is 1.55. The Morgan fingerprint density at radius 1 is 1.00 bits per heavy atom. The van der Waals surface area contributed by atoms with Crippen molar-refractivity contribution in [2.45, 2.75) is 37.8 Å². The lowest BCUT2D eigenvalue weighted by molar-refractivity contribution is 0.0592. The molecule has 5 rings (SSSR count). The third kappa shape index (κ3) is 4.44. The van der Waals surface area contributed by atoms with Gasteiger partial charge in [-0.3, -0.25) is 4.79 Å². The maximum Gasteiger partial charge on any atom is 0.358 e. The minimum Gasteiger partial charge on any atom is -0.464 e. The van der Waals surface area contributed by atoms with Crippen molar-refractivity contribution in [3.05, 3.63) is 60.5 Å². The van der Waals surface area contributed by atoms with E-state index in [4.69, 9.17) is 4.42 Å². The predicted molar refractivity (Wildman–Crippen MR) is 120 cm³/mol. The number of aromatic nitrogens is 3. The van der Waals surface area contributed by atoms with Crippen LogP contribution in [0.1, 0.15) is 46.5 Å². The standard InChI is InChI=1S/C24H25N5O4/c1-32-24(31)20-12-27-22(14-26-20)28-10-8-19(9-11-28)29(18-6-7-18)23(30)17-4-2-16(3-5-17)21-13-25-15-33-21/h2-5,12-15,18-19H,6-11H2,1H3. The van der Waals surface area contributed by atoms with Crippen molar-refractivity contribution in [1.82, 2.24) is 19.9 Å². The number of benzene rings is 1. The van der Waals surface area contributed by atoms with Crippen LogP contribution in [0, 0.1) is 0 Å². The molecule has 0 radical (unpaired) electrons. The molecule has 1 amide bonds. The maximum atomic E-state index is 13.4. The number of rotatable bonds is 6. The number of carbonyl (C=O) groups is 2. The van der Waals surface area contributed by atoms with Crippen LogP contribution in [0.15, 0.2) is 53.7 Å². The molecule has 0 spiro atoms. The Morgan fingerprint density at radius 3 is 2.30 bits per heavy atom. The van der Waals surface area contributed by atoms with Gasteiger partial charge >= 0.3 is 5.97 Å². The quantitative estimate of drug-likeness (QED) is 0.531. The van der Waals surface area contributed by atoms with Crippen LogP contribution in [-0.2, 0) is 4.74 Å². The van der Waals surface area contributed by atoms with Crippen molar-refractivity contribution in [3.63, 3.8) is 0 Å². The van der Waals surface area contributed by atoms with Crippen LogP contribution in [-0.4, -0.2) is 64.0 Å². The fourth-order valence-corrected chi connectivity index (χ4v) is 4.33. The maximum absolute atomic E-state index is 13.4. The van der Waals surface area contributed by atoms with Crippen molar-refractivity contribution in [2.75, 3.05) is 25.1 Å². The molecule has 3 heterocycles. The SMILES string of the molecule is COC(=O)c1cnc(N2CCC(N(C(=O)c3ccc(-c4cnco4)cc3)C3CC3)CC2)cn1. The summed E-state index contributed by atoms with van der Waals surface area (Å²) in [5.41, 5.74) is 1.78. The molecular weight excluding hydrogens is 422 g/mol. The van der Waals surface area contributed by atoms with Gasteiger partial charge in [0.15, 0.2) is 17.8 Å². The molecule has 9 nitrogen and oxygen atoms in total. The predicted octanol–water partition coefficient (Wildman–Crippen LogP) is 3.19. The molecule has 1 aromatic carbocycles. The number of hydrogen-bond acceptors (Lipinski definition) is 8. The van der Waals surface area contributed by atoms with Crippen molar-refractivity contribution in [2.24, 2.45) is 0 Å². The smallest absolute Gasteiger partial charge is 0.358 e. The van der Waals surface area contributed by atoms with Crippen molar-refractivity contribution < 1.29 is 18.7 Å². The Bertz CT molecular complexity index is 1100. The van der Waals surface area contributed by atoms with Crippen LogP contribution in [0.25, 0.3) is 11.3 Å². The van der Waals surface area contributed by atoms with Gasteiger partial charge in [-0.2, -0.15) is 0 Å². The monoisotopic (exact) mass is 447 g/mol. The summed E-state index contributed by atoms with van der Waals surface area (Å²) in [5.74, 6) is 0.999. The number of nitrogens with zero attached hydrogens (tertiary/aromatic N) is 5. The van der Waals surface area contributed by atoms with E-state index in [1.807, 2.05) is 24.3 Å². The molecule has 1 aliphatic heterocycles. The number of oxazole rings is 1. The molecule has 0 atom stereocenters. The number of piperidine rings is 1. The highest BCUT2D eigenvalue weighted by atomic mass is 16.5. The van der Waals surface area contributed by atoms with E-state index in [0.29, 0.717) is 17.4 Å². The second kappa shape index (κ2) is 9.01. The van der Waals surface area contributed by atoms with Crippen molar-refractivity contribution in [1.29, 1.82) is 0 Å². The van der Waals surface area contributed by atoms with E-state index in [1.54, 1.807) is 12.4 Å². The number of carbonyl (C=O) groups excluding carboxylic acids is 2. The number of methoxy groups -OCH3 is 1. The Morgan fingerprint density at radius 2 is 1.73 bits per heavy atom. The summed E-state index contributed by atoms with van der Waals surface area (Å²) >= 11 is 0. The summed E-state index contributed by atoms with van der Waals surface area (Å²) < 4.78 is 10.0. The highest BCUT2D eigenvalue weighted by Gasteiger charge is 2.39. The van der Waals surface area contributed by atoms with Gasteiger partial charge < -0.3 is 19.0 Å². The van der Waals surface area contributed by atoms with E-state index < -0.39 is 5.97 Å². The lowest BCUT2D eigenvalue weighted by Gasteiger charge is -2.39. The second-order valence-electron chi connectivity index (χ2n) is 8.36. The molecule has 0 unspecified atom stereocenters. The molecule has 33 heavy (non-hydrogen) atoms. The first-order valence-corrected chi connectivity index (χ1v) is 11.1. The topological polar surface area (TPSA) is 102 Å². The van der Waals surface area contributed by atoms with E-state index >= 15 is 0 Å². The van der Waals surface area contributed by atoms with Crippen LogP contribution in [0.2, 0.25) is 0 Å². The molecule has 0 N–H and O–H groups in total. The van der Waals surface area contributed by atoms with Crippen molar-refractivity contribution >= 4 is 17.7 Å². The van der Waals surface area contributed by atoms with Gasteiger partial charge in [0.1, 0.15) is 5.82 Å². The lowest BCUT2D eigenvalue weighted by Crippen LogP contribution is -2.48. The first-order chi connectivity index (χ1) is 16.1. The van der Waals surface area contributed by atoms with Gasteiger partial charge in [-0.1, -0.05) is 12.1 Å². The van der Waals surface area contributed by atoms with Crippen molar-refractivity contribution in [3.8, 4) is 11.3 Å². The van der Waals surface area contributed by atoms with E-state index in [0.717, 1.165) is 50.2 Å². The third-order valence-corrected chi connectivity index (χ3v) is 6.24. The largest absolute Gasteiger partial charge is 0.464 e. The molecule has 3 aromatic rings. The minimum absolute atomic E-state index is 0.0855. The number of ether oxygens (including phenoxy) is 1. The Labute approximate surface area is 191 Å². The fraction of sp³-hybridized carbons (Fsp3) is 0.375. The normalized spacial score (nSPS) is 16.5. The summed E-state index contributed by atoms with van der Waals surface area (Å²) in [5, 5.41) is 0. The fourth-order valence-electron chi connectivity index (χ4n) is 4.33. The molecule has 9 heteroatoms. The zero-order chi connectivity index (χ0) is 22.8. The first-order valence-electron chi connectivity index (χ1n) is 11.1. The molecule has 1 saturated carbocycles. The van der Waals surface area contributed by atoms with Crippen LogP contribution >= 0.6 is 0 Å². The number of esters is 1. The molecule has 1 aliphatic carbocycles. The Balaban J connectivity index is 1.24. The second-order valence-corrected chi connectivity index (χ2v) is 8.36.